The molecule has 0 spiro atoms. The van der Waals surface area contributed by atoms with Crippen molar-refractivity contribution in [2.45, 2.75) is 44.1 Å². The summed E-state index contributed by atoms with van der Waals surface area (Å²) in [6, 6.07) is 8.37. The molecule has 2 rings (SSSR count). The van der Waals surface area contributed by atoms with Crippen LogP contribution in [0.1, 0.15) is 37.3 Å². The van der Waals surface area contributed by atoms with Crippen LogP contribution in [0.3, 0.4) is 0 Å². The average molecular weight is 278 g/mol. The Labute approximate surface area is 119 Å². The normalized spacial score (nSPS) is 27.2. The Morgan fingerprint density at radius 2 is 2.11 bits per heavy atom. The Hall–Kier alpha value is -0.960. The molecule has 3 heteroatoms. The van der Waals surface area contributed by atoms with Crippen molar-refractivity contribution in [1.82, 2.24) is 0 Å². The summed E-state index contributed by atoms with van der Waals surface area (Å²) in [5.41, 5.74) is 2.63. The van der Waals surface area contributed by atoms with Crippen molar-refractivity contribution in [3.05, 3.63) is 35.4 Å². The molecule has 1 aromatic rings. The Kier molecular flexibility index (Phi) is 4.92. The monoisotopic (exact) mass is 278 g/mol. The van der Waals surface area contributed by atoms with Gasteiger partial charge in [0.2, 0.25) is 0 Å². The second-order valence-electron chi connectivity index (χ2n) is 5.64. The summed E-state index contributed by atoms with van der Waals surface area (Å²) in [6.07, 6.45) is 2.92. The first-order valence-corrected chi connectivity index (χ1v) is 8.01. The second-order valence-corrected chi connectivity index (χ2v) is 6.87. The lowest BCUT2D eigenvalue weighted by Gasteiger charge is -2.32. The summed E-state index contributed by atoms with van der Waals surface area (Å²) >= 11 is 1.82. The fraction of sp³-hybridized carbons (Fsp3) is 0.562. The van der Waals surface area contributed by atoms with E-state index in [1.54, 1.807) is 0 Å². The Balaban J connectivity index is 1.99. The number of hydrogen-bond acceptors (Lipinski definition) is 2. The average Bonchev–Trinajstić information content (AvgIpc) is 2.37. The standard InChI is InChI=1S/C16H22O2S/c1-11-7-8-14(16(17)18)15(9-11)19-10-13-6-4-3-5-12(13)2/h3-6,11,14-15H,7-10H2,1-2H3,(H,17,18). The maximum Gasteiger partial charge on any atom is 0.307 e. The molecule has 104 valence electrons. The van der Waals surface area contributed by atoms with Crippen molar-refractivity contribution in [1.29, 1.82) is 0 Å². The van der Waals surface area contributed by atoms with E-state index in [1.165, 1.54) is 11.1 Å². The molecule has 1 fully saturated rings. The molecular weight excluding hydrogens is 256 g/mol. The zero-order valence-corrected chi connectivity index (χ0v) is 12.5. The molecule has 0 bridgehead atoms. The van der Waals surface area contributed by atoms with Gasteiger partial charge in [-0.2, -0.15) is 11.8 Å². The van der Waals surface area contributed by atoms with E-state index < -0.39 is 5.97 Å². The van der Waals surface area contributed by atoms with Gasteiger partial charge in [-0.1, -0.05) is 31.2 Å². The molecule has 0 heterocycles. The maximum atomic E-state index is 11.3. The van der Waals surface area contributed by atoms with Gasteiger partial charge >= 0.3 is 5.97 Å². The Bertz CT molecular complexity index is 444. The second kappa shape index (κ2) is 6.47. The van der Waals surface area contributed by atoms with Crippen LogP contribution in [0.4, 0.5) is 0 Å². The highest BCUT2D eigenvalue weighted by atomic mass is 32.2. The van der Waals surface area contributed by atoms with Crippen LogP contribution in [0, 0.1) is 18.8 Å². The summed E-state index contributed by atoms with van der Waals surface area (Å²) in [5, 5.41) is 9.60. The molecule has 1 aliphatic rings. The number of carboxylic acid groups (broad SMARTS) is 1. The summed E-state index contributed by atoms with van der Waals surface area (Å²) in [4.78, 5) is 11.3. The van der Waals surface area contributed by atoms with Crippen LogP contribution in [0.15, 0.2) is 24.3 Å². The molecule has 0 aliphatic heterocycles. The summed E-state index contributed by atoms with van der Waals surface area (Å²) in [6.45, 7) is 4.35. The number of carbonyl (C=O) groups is 1. The van der Waals surface area contributed by atoms with Gasteiger partial charge in [0.15, 0.2) is 0 Å². The zero-order valence-electron chi connectivity index (χ0n) is 11.6. The number of aryl methyl sites for hydroxylation is 1. The number of benzene rings is 1. The fourth-order valence-corrected chi connectivity index (χ4v) is 4.43. The summed E-state index contributed by atoms with van der Waals surface area (Å²) in [7, 11) is 0. The van der Waals surface area contributed by atoms with Crippen molar-refractivity contribution in [3.8, 4) is 0 Å². The van der Waals surface area contributed by atoms with E-state index in [2.05, 4.69) is 32.0 Å². The lowest BCUT2D eigenvalue weighted by molar-refractivity contribution is -0.142. The predicted octanol–water partition coefficient (Wildman–Crippen LogP) is 4.12. The van der Waals surface area contributed by atoms with E-state index in [0.717, 1.165) is 25.0 Å². The van der Waals surface area contributed by atoms with Gasteiger partial charge in [-0.3, -0.25) is 4.79 Å². The third kappa shape index (κ3) is 3.75. The molecule has 1 N–H and O–H groups in total. The molecule has 0 saturated heterocycles. The predicted molar refractivity (Wildman–Crippen MR) is 80.4 cm³/mol. The lowest BCUT2D eigenvalue weighted by Crippen LogP contribution is -2.32. The van der Waals surface area contributed by atoms with Crippen molar-refractivity contribution < 1.29 is 9.90 Å². The van der Waals surface area contributed by atoms with Crippen LogP contribution in [0.5, 0.6) is 0 Å². The van der Waals surface area contributed by atoms with Gasteiger partial charge in [-0.05, 0) is 43.2 Å². The molecule has 3 atom stereocenters. The third-order valence-corrected chi connectivity index (χ3v) is 5.51. The molecule has 19 heavy (non-hydrogen) atoms. The van der Waals surface area contributed by atoms with Crippen LogP contribution in [0.25, 0.3) is 0 Å². The summed E-state index contributed by atoms with van der Waals surface area (Å²) in [5.74, 6) is 0.803. The molecule has 1 aliphatic carbocycles. The quantitative estimate of drug-likeness (QED) is 0.900. The number of carboxylic acids is 1. The SMILES string of the molecule is Cc1ccccc1CSC1CC(C)CCC1C(=O)O. The molecule has 0 aromatic heterocycles. The van der Waals surface area contributed by atoms with E-state index >= 15 is 0 Å². The molecule has 0 radical (unpaired) electrons. The van der Waals surface area contributed by atoms with Crippen LogP contribution < -0.4 is 0 Å². The van der Waals surface area contributed by atoms with Gasteiger partial charge in [-0.25, -0.2) is 0 Å². The molecule has 2 nitrogen and oxygen atoms in total. The summed E-state index contributed by atoms with van der Waals surface area (Å²) < 4.78 is 0. The van der Waals surface area contributed by atoms with E-state index in [-0.39, 0.29) is 11.2 Å². The van der Waals surface area contributed by atoms with E-state index in [4.69, 9.17) is 0 Å². The minimum Gasteiger partial charge on any atom is -0.481 e. The van der Waals surface area contributed by atoms with Gasteiger partial charge in [-0.15, -0.1) is 0 Å². The van der Waals surface area contributed by atoms with Gasteiger partial charge in [0.05, 0.1) is 5.92 Å². The Morgan fingerprint density at radius 1 is 1.37 bits per heavy atom. The maximum absolute atomic E-state index is 11.3. The van der Waals surface area contributed by atoms with E-state index in [1.807, 2.05) is 17.8 Å². The smallest absolute Gasteiger partial charge is 0.307 e. The van der Waals surface area contributed by atoms with Gasteiger partial charge in [0, 0.05) is 11.0 Å². The highest BCUT2D eigenvalue weighted by Crippen LogP contribution is 2.38. The van der Waals surface area contributed by atoms with Gasteiger partial charge in [0.1, 0.15) is 0 Å². The fourth-order valence-electron chi connectivity index (χ4n) is 2.76. The van der Waals surface area contributed by atoms with Crippen molar-refractivity contribution in [2.75, 3.05) is 0 Å². The molecular formula is C16H22O2S. The molecule has 3 unspecified atom stereocenters. The lowest BCUT2D eigenvalue weighted by atomic mass is 9.82. The third-order valence-electron chi connectivity index (χ3n) is 4.09. The number of thioether (sulfide) groups is 1. The highest BCUT2D eigenvalue weighted by molar-refractivity contribution is 7.99. The Morgan fingerprint density at radius 3 is 2.79 bits per heavy atom. The molecule has 0 amide bonds. The van der Waals surface area contributed by atoms with E-state index in [9.17, 15) is 9.90 Å². The number of aliphatic carboxylic acids is 1. The van der Waals surface area contributed by atoms with Crippen LogP contribution >= 0.6 is 11.8 Å². The van der Waals surface area contributed by atoms with Crippen LogP contribution in [0.2, 0.25) is 0 Å². The van der Waals surface area contributed by atoms with E-state index in [0.29, 0.717) is 5.92 Å². The first-order valence-electron chi connectivity index (χ1n) is 6.97. The van der Waals surface area contributed by atoms with Crippen molar-refractivity contribution >= 4 is 17.7 Å². The highest BCUT2D eigenvalue weighted by Gasteiger charge is 2.33. The molecule has 1 saturated carbocycles. The van der Waals surface area contributed by atoms with Gasteiger partial charge < -0.3 is 5.11 Å². The number of rotatable bonds is 4. The van der Waals surface area contributed by atoms with Crippen LogP contribution in [-0.4, -0.2) is 16.3 Å². The first kappa shape index (κ1) is 14.4. The number of hydrogen-bond donors (Lipinski definition) is 1. The van der Waals surface area contributed by atoms with Crippen molar-refractivity contribution in [3.63, 3.8) is 0 Å². The van der Waals surface area contributed by atoms with Gasteiger partial charge in [0.25, 0.3) is 0 Å². The largest absolute Gasteiger partial charge is 0.481 e. The minimum atomic E-state index is -0.616. The molecule has 1 aromatic carbocycles. The van der Waals surface area contributed by atoms with Crippen molar-refractivity contribution in [2.24, 2.45) is 11.8 Å². The van der Waals surface area contributed by atoms with Crippen LogP contribution in [-0.2, 0) is 10.5 Å². The zero-order chi connectivity index (χ0) is 13.8. The minimum absolute atomic E-state index is 0.162. The topological polar surface area (TPSA) is 37.3 Å². The first-order chi connectivity index (χ1) is 9.08.